The summed E-state index contributed by atoms with van der Waals surface area (Å²) in [5, 5.41) is 18.9. The molecule has 3 N–H and O–H groups in total. The number of para-hydroxylation sites is 1. The number of aliphatic carboxylic acids is 1. The molecule has 0 amide bonds. The number of aryl methyl sites for hydroxylation is 1. The molecule has 0 spiro atoms. The van der Waals surface area contributed by atoms with Crippen molar-refractivity contribution in [1.82, 2.24) is 4.98 Å². The highest BCUT2D eigenvalue weighted by molar-refractivity contribution is 5.88. The van der Waals surface area contributed by atoms with Gasteiger partial charge in [-0.25, -0.2) is 0 Å². The average molecular weight is 392 g/mol. The van der Waals surface area contributed by atoms with E-state index in [0.717, 1.165) is 35.1 Å². The van der Waals surface area contributed by atoms with Gasteiger partial charge in [0.05, 0.1) is 46.5 Å². The molecule has 1 aromatic heterocycles. The number of rotatable bonds is 6. The number of benzene rings is 1. The van der Waals surface area contributed by atoms with Crippen LogP contribution in [0.15, 0.2) is 18.2 Å². The average Bonchev–Trinajstić information content (AvgIpc) is 3.01. The molecule has 2 heterocycles. The summed E-state index contributed by atoms with van der Waals surface area (Å²) in [6.07, 6.45) is 2.45. The number of nitrogens with one attached hydrogen (secondary N) is 1. The molecule has 1 aliphatic heterocycles. The Morgan fingerprint density at radius 2 is 2.00 bits per heavy atom. The molecule has 0 radical (unpaired) electrons. The standard InChI is InChI=1S/C17H21NO3.C5H14NO/c1-3-11-6-5-7-12-13-8-9-21-17(4-2,10-14(19)20)16(13)18-15(11)12;1-6(2,3)4-5-7/h5-7,18H,3-4,8-10H2,1-2H3,(H,19,20);7H,4-5H2,1-3H3/q;+1. The van der Waals surface area contributed by atoms with Crippen molar-refractivity contribution in [2.45, 2.75) is 45.1 Å². The molecule has 0 bridgehead atoms. The summed E-state index contributed by atoms with van der Waals surface area (Å²) < 4.78 is 6.79. The van der Waals surface area contributed by atoms with Crippen LogP contribution in [0.5, 0.6) is 0 Å². The minimum atomic E-state index is -0.820. The van der Waals surface area contributed by atoms with E-state index in [9.17, 15) is 9.90 Å². The zero-order valence-electron chi connectivity index (χ0n) is 17.8. The highest BCUT2D eigenvalue weighted by atomic mass is 16.5. The summed E-state index contributed by atoms with van der Waals surface area (Å²) in [6.45, 7) is 5.82. The van der Waals surface area contributed by atoms with E-state index in [4.69, 9.17) is 9.84 Å². The van der Waals surface area contributed by atoms with Crippen molar-refractivity contribution < 1.29 is 24.2 Å². The maximum Gasteiger partial charge on any atom is 0.306 e. The van der Waals surface area contributed by atoms with E-state index in [1.807, 2.05) is 6.92 Å². The molecule has 0 fully saturated rings. The second-order valence-electron chi connectivity index (χ2n) is 8.43. The molecule has 0 aliphatic carbocycles. The smallest absolute Gasteiger partial charge is 0.306 e. The van der Waals surface area contributed by atoms with Crippen molar-refractivity contribution >= 4 is 16.9 Å². The Hall–Kier alpha value is -1.89. The Bertz CT molecular complexity index is 807. The third-order valence-corrected chi connectivity index (χ3v) is 5.37. The Labute approximate surface area is 167 Å². The molecule has 156 valence electrons. The van der Waals surface area contributed by atoms with Crippen LogP contribution in [0, 0.1) is 0 Å². The van der Waals surface area contributed by atoms with Gasteiger partial charge < -0.3 is 24.4 Å². The molecule has 0 saturated heterocycles. The molecule has 1 unspecified atom stereocenters. The van der Waals surface area contributed by atoms with Gasteiger partial charge in [-0.05, 0) is 30.4 Å². The van der Waals surface area contributed by atoms with Gasteiger partial charge in [0.15, 0.2) is 0 Å². The summed E-state index contributed by atoms with van der Waals surface area (Å²) in [4.78, 5) is 14.8. The third kappa shape index (κ3) is 4.93. The van der Waals surface area contributed by atoms with Crippen LogP contribution in [0.1, 0.15) is 43.5 Å². The summed E-state index contributed by atoms with van der Waals surface area (Å²) in [6, 6.07) is 6.32. The van der Waals surface area contributed by atoms with Gasteiger partial charge in [-0.2, -0.15) is 0 Å². The zero-order valence-corrected chi connectivity index (χ0v) is 17.8. The van der Waals surface area contributed by atoms with E-state index >= 15 is 0 Å². The lowest BCUT2D eigenvalue weighted by Crippen LogP contribution is -2.37. The van der Waals surface area contributed by atoms with Gasteiger partial charge in [0, 0.05) is 10.9 Å². The van der Waals surface area contributed by atoms with E-state index in [-0.39, 0.29) is 13.0 Å². The quantitative estimate of drug-likeness (QED) is 0.661. The number of aromatic nitrogens is 1. The predicted molar refractivity (Wildman–Crippen MR) is 112 cm³/mol. The number of carbonyl (C=O) groups is 1. The van der Waals surface area contributed by atoms with Gasteiger partial charge in [-0.15, -0.1) is 0 Å². The normalized spacial score (nSPS) is 19.1. The lowest BCUT2D eigenvalue weighted by atomic mass is 9.86. The van der Waals surface area contributed by atoms with E-state index in [1.165, 1.54) is 16.5 Å². The van der Waals surface area contributed by atoms with Gasteiger partial charge in [0.1, 0.15) is 12.1 Å². The maximum atomic E-state index is 11.3. The van der Waals surface area contributed by atoms with Crippen molar-refractivity contribution in [1.29, 1.82) is 0 Å². The van der Waals surface area contributed by atoms with Gasteiger partial charge in [0.2, 0.25) is 0 Å². The van der Waals surface area contributed by atoms with Crippen LogP contribution in [-0.4, -0.2) is 66.6 Å². The van der Waals surface area contributed by atoms with Crippen molar-refractivity contribution in [2.24, 2.45) is 0 Å². The number of quaternary nitrogens is 1. The van der Waals surface area contributed by atoms with E-state index in [0.29, 0.717) is 13.0 Å². The number of aliphatic hydroxyl groups excluding tert-OH is 1. The SMILES string of the molecule is CCc1cccc2c3c([nH]c12)C(CC)(CC(=O)O)OCC3.C[N+](C)(C)CCO. The number of aliphatic hydroxyl groups is 1. The molecule has 0 saturated carbocycles. The van der Waals surface area contributed by atoms with E-state index in [1.54, 1.807) is 0 Å². The van der Waals surface area contributed by atoms with Crippen LogP contribution in [0.3, 0.4) is 0 Å². The van der Waals surface area contributed by atoms with Crippen LogP contribution in [-0.2, 0) is 28.0 Å². The topological polar surface area (TPSA) is 82.6 Å². The van der Waals surface area contributed by atoms with Crippen molar-refractivity contribution in [3.63, 3.8) is 0 Å². The van der Waals surface area contributed by atoms with Crippen molar-refractivity contribution in [3.8, 4) is 0 Å². The Morgan fingerprint density at radius 3 is 2.50 bits per heavy atom. The number of hydrogen-bond donors (Lipinski definition) is 3. The number of likely N-dealkylation sites (N-methyl/N-ethyl adjacent to an activating group) is 1. The van der Waals surface area contributed by atoms with E-state index < -0.39 is 11.6 Å². The molecule has 6 heteroatoms. The Balaban J connectivity index is 0.000000345. The van der Waals surface area contributed by atoms with E-state index in [2.05, 4.69) is 51.2 Å². The number of hydrogen-bond acceptors (Lipinski definition) is 3. The molecule has 1 atom stereocenters. The van der Waals surface area contributed by atoms with Gasteiger partial charge >= 0.3 is 5.97 Å². The fourth-order valence-corrected chi connectivity index (χ4v) is 3.79. The van der Waals surface area contributed by atoms with Crippen LogP contribution >= 0.6 is 0 Å². The molecular formula is C22H35N2O4+. The number of nitrogens with zero attached hydrogens (tertiary/aromatic N) is 1. The number of ether oxygens (including phenoxy) is 1. The highest BCUT2D eigenvalue weighted by Crippen LogP contribution is 2.42. The van der Waals surface area contributed by atoms with Crippen molar-refractivity contribution in [2.75, 3.05) is 40.9 Å². The first-order valence-electron chi connectivity index (χ1n) is 10.1. The Morgan fingerprint density at radius 1 is 1.29 bits per heavy atom. The fraction of sp³-hybridized carbons (Fsp3) is 0.591. The first-order chi connectivity index (χ1) is 13.2. The van der Waals surface area contributed by atoms with Gasteiger partial charge in [0.25, 0.3) is 0 Å². The summed E-state index contributed by atoms with van der Waals surface area (Å²) in [7, 11) is 6.16. The molecular weight excluding hydrogens is 356 g/mol. The zero-order chi connectivity index (χ0) is 20.9. The minimum absolute atomic E-state index is 0.00474. The first-order valence-corrected chi connectivity index (χ1v) is 10.1. The molecule has 1 aliphatic rings. The lowest BCUT2D eigenvalue weighted by molar-refractivity contribution is -0.870. The summed E-state index contributed by atoms with van der Waals surface area (Å²) in [5.41, 5.74) is 3.88. The predicted octanol–water partition coefficient (Wildman–Crippen LogP) is 3.07. The van der Waals surface area contributed by atoms with Gasteiger partial charge in [-0.3, -0.25) is 4.79 Å². The molecule has 1 aromatic carbocycles. The molecule has 3 rings (SSSR count). The number of fused-ring (bicyclic) bond motifs is 3. The summed E-state index contributed by atoms with van der Waals surface area (Å²) in [5.74, 6) is -0.820. The second-order valence-corrected chi connectivity index (χ2v) is 8.43. The van der Waals surface area contributed by atoms with Crippen molar-refractivity contribution in [3.05, 3.63) is 35.0 Å². The largest absolute Gasteiger partial charge is 0.481 e. The second kappa shape index (κ2) is 9.07. The molecule has 6 nitrogen and oxygen atoms in total. The lowest BCUT2D eigenvalue weighted by Gasteiger charge is -2.35. The van der Waals surface area contributed by atoms with Crippen LogP contribution in [0.25, 0.3) is 10.9 Å². The number of carboxylic acid groups (broad SMARTS) is 1. The maximum absolute atomic E-state index is 11.3. The third-order valence-electron chi connectivity index (χ3n) is 5.37. The summed E-state index contributed by atoms with van der Waals surface area (Å²) >= 11 is 0. The fourth-order valence-electron chi connectivity index (χ4n) is 3.79. The monoisotopic (exact) mass is 391 g/mol. The number of H-pyrrole nitrogens is 1. The first kappa shape index (κ1) is 22.4. The molecule has 2 aromatic rings. The van der Waals surface area contributed by atoms with Crippen LogP contribution in [0.4, 0.5) is 0 Å². The highest BCUT2D eigenvalue weighted by Gasteiger charge is 2.40. The minimum Gasteiger partial charge on any atom is -0.481 e. The van der Waals surface area contributed by atoms with Gasteiger partial charge in [-0.1, -0.05) is 32.0 Å². The Kier molecular flexibility index (Phi) is 7.26. The van der Waals surface area contributed by atoms with Crippen LogP contribution in [0.2, 0.25) is 0 Å². The number of carboxylic acids is 1. The molecule has 28 heavy (non-hydrogen) atoms. The van der Waals surface area contributed by atoms with Crippen LogP contribution < -0.4 is 0 Å². The number of aromatic amines is 1.